The van der Waals surface area contributed by atoms with Crippen molar-refractivity contribution >= 4 is 69.4 Å². The fourth-order valence-electron chi connectivity index (χ4n) is 3.18. The van der Waals surface area contributed by atoms with Crippen LogP contribution in [0.15, 0.2) is 71.6 Å². The predicted molar refractivity (Wildman–Crippen MR) is 143 cm³/mol. The summed E-state index contributed by atoms with van der Waals surface area (Å²) in [6.45, 7) is 0.161. The minimum Gasteiger partial charge on any atom is -0.493 e. The van der Waals surface area contributed by atoms with Crippen LogP contribution in [0.25, 0.3) is 6.08 Å². The van der Waals surface area contributed by atoms with Crippen molar-refractivity contribution < 1.29 is 19.1 Å². The number of nitrogens with zero attached hydrogens (tertiary/aromatic N) is 1. The number of hydrogen-bond donors (Lipinski definition) is 1. The molecule has 35 heavy (non-hydrogen) atoms. The number of hydrazine groups is 1. The maximum atomic E-state index is 12.9. The molecular weight excluding hydrogens is 527 g/mol. The van der Waals surface area contributed by atoms with E-state index in [2.05, 4.69) is 5.43 Å². The maximum absolute atomic E-state index is 12.9. The maximum Gasteiger partial charge on any atom is 0.285 e. The Hall–Kier alpha value is -3.04. The van der Waals surface area contributed by atoms with Gasteiger partial charge in [0.1, 0.15) is 6.61 Å². The van der Waals surface area contributed by atoms with Crippen LogP contribution in [0.5, 0.6) is 11.5 Å². The fourth-order valence-corrected chi connectivity index (χ4v) is 4.87. The second kappa shape index (κ2) is 11.1. The Bertz CT molecular complexity index is 1310. The molecule has 0 spiro atoms. The second-order valence-corrected chi connectivity index (χ2v) is 9.71. The molecule has 1 saturated heterocycles. The standard InChI is InChI=1S/C25H18Cl2N2O4S2/c1-32-21-12-15(10-11-20(21)33-14-17-18(26)8-5-9-19(17)27)13-22-24(31)29(25(34)35-22)28-23(30)16-6-3-2-4-7-16/h2-13H,14H2,1H3,(H,28,30)/b22-13-. The molecule has 6 nitrogen and oxygen atoms in total. The van der Waals surface area contributed by atoms with Gasteiger partial charge in [-0.2, -0.15) is 5.01 Å². The molecule has 1 aliphatic rings. The quantitative estimate of drug-likeness (QED) is 0.285. The van der Waals surface area contributed by atoms with Gasteiger partial charge in [-0.25, -0.2) is 0 Å². The highest BCUT2D eigenvalue weighted by Gasteiger charge is 2.33. The first-order chi connectivity index (χ1) is 16.9. The minimum absolute atomic E-state index is 0.161. The molecule has 2 amide bonds. The van der Waals surface area contributed by atoms with Crippen molar-refractivity contribution in [3.05, 3.63) is 98.4 Å². The molecule has 0 aliphatic carbocycles. The highest BCUT2D eigenvalue weighted by Crippen LogP contribution is 2.35. The summed E-state index contributed by atoms with van der Waals surface area (Å²) < 4.78 is 11.6. The average Bonchev–Trinajstić information content (AvgIpc) is 3.12. The van der Waals surface area contributed by atoms with Crippen LogP contribution >= 0.6 is 47.2 Å². The van der Waals surface area contributed by atoms with E-state index in [0.717, 1.165) is 16.8 Å². The Labute approximate surface area is 221 Å². The second-order valence-electron chi connectivity index (χ2n) is 7.22. The number of rotatable bonds is 7. The lowest BCUT2D eigenvalue weighted by Crippen LogP contribution is -2.44. The van der Waals surface area contributed by atoms with Crippen LogP contribution in [0, 0.1) is 0 Å². The Balaban J connectivity index is 1.48. The van der Waals surface area contributed by atoms with Gasteiger partial charge in [0, 0.05) is 21.2 Å². The fraction of sp³-hybridized carbons (Fsp3) is 0.0800. The van der Waals surface area contributed by atoms with Gasteiger partial charge in [0.25, 0.3) is 11.8 Å². The third kappa shape index (κ3) is 5.79. The molecule has 1 heterocycles. The number of carbonyl (C=O) groups excluding carboxylic acids is 2. The summed E-state index contributed by atoms with van der Waals surface area (Å²) in [7, 11) is 1.52. The van der Waals surface area contributed by atoms with Crippen molar-refractivity contribution in [3.63, 3.8) is 0 Å². The molecular formula is C25H18Cl2N2O4S2. The summed E-state index contributed by atoms with van der Waals surface area (Å²) in [6, 6.07) is 19.1. The van der Waals surface area contributed by atoms with Gasteiger partial charge in [-0.3, -0.25) is 15.0 Å². The molecule has 3 aromatic rings. The van der Waals surface area contributed by atoms with E-state index in [9.17, 15) is 9.59 Å². The summed E-state index contributed by atoms with van der Waals surface area (Å²) in [4.78, 5) is 25.7. The highest BCUT2D eigenvalue weighted by molar-refractivity contribution is 8.26. The first kappa shape index (κ1) is 25.1. The third-order valence-corrected chi connectivity index (χ3v) is 6.97. The number of carbonyl (C=O) groups is 2. The van der Waals surface area contributed by atoms with Gasteiger partial charge in [-0.05, 0) is 60.3 Å². The van der Waals surface area contributed by atoms with Crippen molar-refractivity contribution in [3.8, 4) is 11.5 Å². The summed E-state index contributed by atoms with van der Waals surface area (Å²) >= 11 is 18.8. The summed E-state index contributed by atoms with van der Waals surface area (Å²) in [5.74, 6) is 0.111. The van der Waals surface area contributed by atoms with Gasteiger partial charge in [0.05, 0.1) is 12.0 Å². The van der Waals surface area contributed by atoms with E-state index in [1.54, 1.807) is 72.8 Å². The molecule has 1 fully saturated rings. The van der Waals surface area contributed by atoms with E-state index in [1.807, 2.05) is 0 Å². The van der Waals surface area contributed by atoms with Gasteiger partial charge >= 0.3 is 0 Å². The molecule has 1 aliphatic heterocycles. The lowest BCUT2D eigenvalue weighted by Gasteiger charge is -2.15. The summed E-state index contributed by atoms with van der Waals surface area (Å²) in [5.41, 5.74) is 4.34. The van der Waals surface area contributed by atoms with Gasteiger partial charge in [0.15, 0.2) is 15.8 Å². The van der Waals surface area contributed by atoms with Crippen molar-refractivity contribution in [1.29, 1.82) is 0 Å². The van der Waals surface area contributed by atoms with E-state index in [4.69, 9.17) is 44.9 Å². The van der Waals surface area contributed by atoms with Gasteiger partial charge < -0.3 is 9.47 Å². The molecule has 0 saturated carbocycles. The number of benzene rings is 3. The number of amides is 2. The Kier molecular flexibility index (Phi) is 7.97. The zero-order valence-electron chi connectivity index (χ0n) is 18.3. The normalized spacial score (nSPS) is 14.4. The third-order valence-electron chi connectivity index (χ3n) is 4.96. The monoisotopic (exact) mass is 544 g/mol. The Morgan fingerprint density at radius 3 is 2.46 bits per heavy atom. The average molecular weight is 545 g/mol. The predicted octanol–water partition coefficient (Wildman–Crippen LogP) is 6.13. The topological polar surface area (TPSA) is 67.9 Å². The van der Waals surface area contributed by atoms with Crippen molar-refractivity contribution in [2.75, 3.05) is 7.11 Å². The van der Waals surface area contributed by atoms with E-state index >= 15 is 0 Å². The number of ether oxygens (including phenoxy) is 2. The molecule has 4 rings (SSSR count). The van der Waals surface area contributed by atoms with Gasteiger partial charge in [0.2, 0.25) is 0 Å². The van der Waals surface area contributed by atoms with Crippen LogP contribution in [0.1, 0.15) is 21.5 Å². The number of hydrogen-bond acceptors (Lipinski definition) is 6. The van der Waals surface area contributed by atoms with E-state index in [0.29, 0.717) is 43.1 Å². The van der Waals surface area contributed by atoms with Crippen LogP contribution in [-0.4, -0.2) is 28.3 Å². The first-order valence-corrected chi connectivity index (χ1v) is 12.2. The zero-order chi connectivity index (χ0) is 24.9. The molecule has 1 N–H and O–H groups in total. The molecule has 10 heteroatoms. The number of thiocarbonyl (C=S) groups is 1. The molecule has 3 aromatic carbocycles. The Morgan fingerprint density at radius 2 is 1.77 bits per heavy atom. The van der Waals surface area contributed by atoms with Gasteiger partial charge in [-0.15, -0.1) is 0 Å². The first-order valence-electron chi connectivity index (χ1n) is 10.2. The van der Waals surface area contributed by atoms with Crippen LogP contribution < -0.4 is 14.9 Å². The molecule has 0 atom stereocenters. The molecule has 0 aromatic heterocycles. The Morgan fingerprint density at radius 1 is 1.06 bits per heavy atom. The summed E-state index contributed by atoms with van der Waals surface area (Å²) in [6.07, 6.45) is 1.67. The van der Waals surface area contributed by atoms with Crippen molar-refractivity contribution in [1.82, 2.24) is 10.4 Å². The van der Waals surface area contributed by atoms with Gasteiger partial charge in [-0.1, -0.05) is 65.3 Å². The molecule has 0 unspecified atom stereocenters. The van der Waals surface area contributed by atoms with Crippen molar-refractivity contribution in [2.24, 2.45) is 0 Å². The largest absolute Gasteiger partial charge is 0.493 e. The number of methoxy groups -OCH3 is 1. The molecule has 0 bridgehead atoms. The number of nitrogens with one attached hydrogen (secondary N) is 1. The minimum atomic E-state index is -0.426. The lowest BCUT2D eigenvalue weighted by atomic mass is 10.2. The lowest BCUT2D eigenvalue weighted by molar-refractivity contribution is -0.123. The van der Waals surface area contributed by atoms with E-state index in [-0.39, 0.29) is 10.9 Å². The van der Waals surface area contributed by atoms with Crippen LogP contribution in [-0.2, 0) is 11.4 Å². The number of thioether (sulfide) groups is 1. The smallest absolute Gasteiger partial charge is 0.285 e. The molecule has 0 radical (unpaired) electrons. The van der Waals surface area contributed by atoms with Crippen molar-refractivity contribution in [2.45, 2.75) is 6.61 Å². The highest BCUT2D eigenvalue weighted by atomic mass is 35.5. The van der Waals surface area contributed by atoms with Crippen LogP contribution in [0.3, 0.4) is 0 Å². The summed E-state index contributed by atoms with van der Waals surface area (Å²) in [5, 5.41) is 2.09. The zero-order valence-corrected chi connectivity index (χ0v) is 21.4. The van der Waals surface area contributed by atoms with E-state index in [1.165, 1.54) is 7.11 Å². The SMILES string of the molecule is COc1cc(/C=C2\SC(=S)N(NC(=O)c3ccccc3)C2=O)ccc1OCc1c(Cl)cccc1Cl. The van der Waals surface area contributed by atoms with Crippen LogP contribution in [0.2, 0.25) is 10.0 Å². The van der Waals surface area contributed by atoms with E-state index < -0.39 is 11.8 Å². The molecule has 178 valence electrons. The number of halogens is 2. The van der Waals surface area contributed by atoms with Crippen LogP contribution in [0.4, 0.5) is 0 Å².